The van der Waals surface area contributed by atoms with Crippen molar-refractivity contribution in [3.8, 4) is 5.69 Å². The molecule has 3 heterocycles. The third-order valence-electron chi connectivity index (χ3n) is 4.43. The van der Waals surface area contributed by atoms with Crippen molar-refractivity contribution >= 4 is 16.9 Å². The lowest BCUT2D eigenvalue weighted by molar-refractivity contribution is -0.141. The predicted molar refractivity (Wildman–Crippen MR) is 91.6 cm³/mol. The van der Waals surface area contributed by atoms with Crippen molar-refractivity contribution in [2.45, 2.75) is 19.0 Å². The monoisotopic (exact) mass is 360 g/mol. The minimum Gasteiger partial charge on any atom is -0.356 e. The third-order valence-corrected chi connectivity index (χ3v) is 4.43. The zero-order valence-corrected chi connectivity index (χ0v) is 13.7. The SMILES string of the molecule is O=c1nc(N2CCCC2)c2ccc(C(F)(F)F)nc2n1-c1ccccc1. The van der Waals surface area contributed by atoms with Crippen LogP contribution < -0.4 is 10.6 Å². The van der Waals surface area contributed by atoms with Crippen LogP contribution >= 0.6 is 0 Å². The molecule has 2 aromatic heterocycles. The minimum absolute atomic E-state index is 0.0343. The van der Waals surface area contributed by atoms with Gasteiger partial charge in [0.15, 0.2) is 5.65 Å². The van der Waals surface area contributed by atoms with Gasteiger partial charge in [0.2, 0.25) is 0 Å². The van der Waals surface area contributed by atoms with Crippen LogP contribution in [0.2, 0.25) is 0 Å². The number of nitrogens with zero attached hydrogens (tertiary/aromatic N) is 4. The number of hydrogen-bond acceptors (Lipinski definition) is 4. The normalized spacial score (nSPS) is 15.0. The fourth-order valence-electron chi connectivity index (χ4n) is 3.22. The van der Waals surface area contributed by atoms with Crippen LogP contribution in [0.5, 0.6) is 0 Å². The van der Waals surface area contributed by atoms with E-state index in [9.17, 15) is 18.0 Å². The molecule has 0 atom stereocenters. The highest BCUT2D eigenvalue weighted by molar-refractivity contribution is 5.88. The van der Waals surface area contributed by atoms with E-state index in [1.807, 2.05) is 4.90 Å². The van der Waals surface area contributed by atoms with Gasteiger partial charge >= 0.3 is 11.9 Å². The van der Waals surface area contributed by atoms with Crippen LogP contribution in [0.15, 0.2) is 47.3 Å². The number of halogens is 3. The van der Waals surface area contributed by atoms with Crippen LogP contribution in [-0.4, -0.2) is 27.6 Å². The van der Waals surface area contributed by atoms with Crippen molar-refractivity contribution in [2.75, 3.05) is 18.0 Å². The van der Waals surface area contributed by atoms with Crippen molar-refractivity contribution in [1.29, 1.82) is 0 Å². The molecular weight excluding hydrogens is 345 g/mol. The molecule has 0 saturated carbocycles. The molecular formula is C18H15F3N4O. The summed E-state index contributed by atoms with van der Waals surface area (Å²) in [5, 5.41) is 0.434. The molecule has 1 aromatic carbocycles. The standard InChI is InChI=1S/C18H15F3N4O/c19-18(20,21)14-9-8-13-15(24-10-4-5-11-24)23-17(26)25(16(13)22-14)12-6-2-1-3-7-12/h1-3,6-9H,4-5,10-11H2. The van der Waals surface area contributed by atoms with Crippen molar-refractivity contribution in [3.05, 3.63) is 58.6 Å². The van der Waals surface area contributed by atoms with E-state index in [2.05, 4.69) is 9.97 Å². The third kappa shape index (κ3) is 2.81. The van der Waals surface area contributed by atoms with Gasteiger partial charge in [-0.05, 0) is 37.1 Å². The second-order valence-corrected chi connectivity index (χ2v) is 6.15. The first-order valence-corrected chi connectivity index (χ1v) is 8.26. The summed E-state index contributed by atoms with van der Waals surface area (Å²) in [4.78, 5) is 22.6. The molecule has 1 aliphatic rings. The Labute approximate surface area is 146 Å². The fourth-order valence-corrected chi connectivity index (χ4v) is 3.22. The number of aromatic nitrogens is 3. The number of anilines is 1. The first-order chi connectivity index (χ1) is 12.4. The number of hydrogen-bond donors (Lipinski definition) is 0. The molecule has 0 bridgehead atoms. The number of para-hydroxylation sites is 1. The van der Waals surface area contributed by atoms with E-state index in [0.29, 0.717) is 16.9 Å². The van der Waals surface area contributed by atoms with Gasteiger partial charge in [0.1, 0.15) is 11.5 Å². The quantitative estimate of drug-likeness (QED) is 0.703. The van der Waals surface area contributed by atoms with E-state index >= 15 is 0 Å². The van der Waals surface area contributed by atoms with E-state index in [0.717, 1.165) is 36.6 Å². The van der Waals surface area contributed by atoms with E-state index < -0.39 is 17.6 Å². The molecule has 0 aliphatic carbocycles. The molecule has 1 fully saturated rings. The van der Waals surface area contributed by atoms with E-state index in [-0.39, 0.29) is 5.65 Å². The second kappa shape index (κ2) is 6.12. The molecule has 26 heavy (non-hydrogen) atoms. The topological polar surface area (TPSA) is 51.0 Å². The summed E-state index contributed by atoms with van der Waals surface area (Å²) >= 11 is 0. The second-order valence-electron chi connectivity index (χ2n) is 6.15. The number of rotatable bonds is 2. The zero-order valence-electron chi connectivity index (χ0n) is 13.7. The number of benzene rings is 1. The minimum atomic E-state index is -4.59. The lowest BCUT2D eigenvalue weighted by Crippen LogP contribution is -2.29. The highest BCUT2D eigenvalue weighted by atomic mass is 19.4. The zero-order chi connectivity index (χ0) is 18.3. The van der Waals surface area contributed by atoms with E-state index in [1.54, 1.807) is 30.3 Å². The number of fused-ring (bicyclic) bond motifs is 1. The maximum Gasteiger partial charge on any atom is 0.433 e. The summed E-state index contributed by atoms with van der Waals surface area (Å²) in [5.74, 6) is 0.399. The molecule has 0 amide bonds. The number of pyridine rings is 1. The Morgan fingerprint density at radius 1 is 0.923 bits per heavy atom. The van der Waals surface area contributed by atoms with Crippen molar-refractivity contribution in [2.24, 2.45) is 0 Å². The van der Waals surface area contributed by atoms with Gasteiger partial charge in [0, 0.05) is 13.1 Å². The van der Waals surface area contributed by atoms with Crippen LogP contribution in [0.1, 0.15) is 18.5 Å². The average Bonchev–Trinajstić information content (AvgIpc) is 3.15. The summed E-state index contributed by atoms with van der Waals surface area (Å²) < 4.78 is 40.7. The summed E-state index contributed by atoms with van der Waals surface area (Å²) in [5.41, 5.74) is -1.28. The van der Waals surface area contributed by atoms with Gasteiger partial charge in [0.25, 0.3) is 0 Å². The summed E-state index contributed by atoms with van der Waals surface area (Å²) in [6.45, 7) is 1.44. The lowest BCUT2D eigenvalue weighted by Gasteiger charge is -2.20. The highest BCUT2D eigenvalue weighted by Gasteiger charge is 2.33. The van der Waals surface area contributed by atoms with E-state index in [1.165, 1.54) is 6.07 Å². The molecule has 0 radical (unpaired) electrons. The van der Waals surface area contributed by atoms with Crippen LogP contribution in [0.4, 0.5) is 19.0 Å². The van der Waals surface area contributed by atoms with Crippen LogP contribution in [-0.2, 0) is 6.18 Å². The fraction of sp³-hybridized carbons (Fsp3) is 0.278. The predicted octanol–water partition coefficient (Wildman–Crippen LogP) is 3.40. The van der Waals surface area contributed by atoms with Crippen molar-refractivity contribution in [3.63, 3.8) is 0 Å². The van der Waals surface area contributed by atoms with Gasteiger partial charge < -0.3 is 4.90 Å². The van der Waals surface area contributed by atoms with E-state index in [4.69, 9.17) is 0 Å². The molecule has 0 N–H and O–H groups in total. The van der Waals surface area contributed by atoms with Crippen LogP contribution in [0.25, 0.3) is 16.7 Å². The largest absolute Gasteiger partial charge is 0.433 e. The Morgan fingerprint density at radius 2 is 1.62 bits per heavy atom. The summed E-state index contributed by atoms with van der Waals surface area (Å²) in [6, 6.07) is 10.7. The molecule has 1 saturated heterocycles. The van der Waals surface area contributed by atoms with Gasteiger partial charge in [-0.1, -0.05) is 18.2 Å². The Morgan fingerprint density at radius 3 is 2.27 bits per heavy atom. The average molecular weight is 360 g/mol. The summed E-state index contributed by atoms with van der Waals surface area (Å²) in [6.07, 6.45) is -2.68. The molecule has 0 spiro atoms. The summed E-state index contributed by atoms with van der Waals surface area (Å²) in [7, 11) is 0. The maximum atomic E-state index is 13.2. The Hall–Kier alpha value is -2.90. The van der Waals surface area contributed by atoms with Crippen LogP contribution in [0, 0.1) is 0 Å². The van der Waals surface area contributed by atoms with Crippen molar-refractivity contribution < 1.29 is 13.2 Å². The Balaban J connectivity index is 2.05. The lowest BCUT2D eigenvalue weighted by atomic mass is 10.2. The Kier molecular flexibility index (Phi) is 3.90. The molecule has 134 valence electrons. The highest BCUT2D eigenvalue weighted by Crippen LogP contribution is 2.32. The van der Waals surface area contributed by atoms with Crippen molar-refractivity contribution in [1.82, 2.24) is 14.5 Å². The molecule has 0 unspecified atom stereocenters. The van der Waals surface area contributed by atoms with Gasteiger partial charge in [-0.25, -0.2) is 14.3 Å². The Bertz CT molecular complexity index is 1010. The first kappa shape index (κ1) is 16.6. The molecule has 5 nitrogen and oxygen atoms in total. The van der Waals surface area contributed by atoms with Gasteiger partial charge in [-0.15, -0.1) is 0 Å². The molecule has 1 aliphatic heterocycles. The molecule has 3 aromatic rings. The smallest absolute Gasteiger partial charge is 0.356 e. The first-order valence-electron chi connectivity index (χ1n) is 8.26. The van der Waals surface area contributed by atoms with Gasteiger partial charge in [-0.3, -0.25) is 0 Å². The molecule has 4 rings (SSSR count). The van der Waals surface area contributed by atoms with Gasteiger partial charge in [-0.2, -0.15) is 18.2 Å². The van der Waals surface area contributed by atoms with Gasteiger partial charge in [0.05, 0.1) is 11.1 Å². The maximum absolute atomic E-state index is 13.2. The number of alkyl halides is 3. The van der Waals surface area contributed by atoms with Crippen LogP contribution in [0.3, 0.4) is 0 Å². The molecule has 8 heteroatoms.